The van der Waals surface area contributed by atoms with Crippen LogP contribution in [-0.4, -0.2) is 34.9 Å². The summed E-state index contributed by atoms with van der Waals surface area (Å²) in [7, 11) is 0. The molecule has 0 spiro atoms. The lowest BCUT2D eigenvalue weighted by molar-refractivity contribution is -0.174. The second-order valence-electron chi connectivity index (χ2n) is 6.69. The molecular formula is C14H29NO3. The minimum atomic E-state index is -1.49. The summed E-state index contributed by atoms with van der Waals surface area (Å²) < 4.78 is 5.19. The van der Waals surface area contributed by atoms with Crippen molar-refractivity contribution in [2.45, 2.75) is 72.1 Å². The third-order valence-electron chi connectivity index (χ3n) is 2.46. The topological polar surface area (TPSA) is 58.6 Å². The fourth-order valence-corrected chi connectivity index (χ4v) is 1.62. The Balaban J connectivity index is 4.26. The smallest absolute Gasteiger partial charge is 0.339 e. The quantitative estimate of drug-likeness (QED) is 0.717. The molecule has 0 heterocycles. The van der Waals surface area contributed by atoms with Gasteiger partial charge in [0.15, 0.2) is 5.60 Å². The van der Waals surface area contributed by atoms with E-state index in [4.69, 9.17) is 4.74 Å². The van der Waals surface area contributed by atoms with Crippen LogP contribution >= 0.6 is 0 Å². The van der Waals surface area contributed by atoms with Crippen molar-refractivity contribution in [2.75, 3.05) is 6.54 Å². The summed E-state index contributed by atoms with van der Waals surface area (Å²) in [6, 6.07) is 0.263. The maximum absolute atomic E-state index is 11.8. The molecule has 4 nitrogen and oxygen atoms in total. The molecule has 0 aliphatic rings. The van der Waals surface area contributed by atoms with Crippen LogP contribution in [0.5, 0.6) is 0 Å². The fourth-order valence-electron chi connectivity index (χ4n) is 1.62. The minimum Gasteiger partial charge on any atom is -0.458 e. The molecule has 0 aromatic heterocycles. The van der Waals surface area contributed by atoms with Gasteiger partial charge in [0, 0.05) is 12.6 Å². The van der Waals surface area contributed by atoms with E-state index in [2.05, 4.69) is 19.2 Å². The normalized spacial score (nSPS) is 17.4. The Kier molecular flexibility index (Phi) is 6.30. The first kappa shape index (κ1) is 17.4. The van der Waals surface area contributed by atoms with Crippen molar-refractivity contribution < 1.29 is 14.6 Å². The van der Waals surface area contributed by atoms with E-state index in [0.717, 1.165) is 6.42 Å². The van der Waals surface area contributed by atoms with E-state index in [0.29, 0.717) is 5.92 Å². The molecule has 0 saturated carbocycles. The summed E-state index contributed by atoms with van der Waals surface area (Å²) in [5.41, 5.74) is -2.07. The predicted octanol–water partition coefficient (Wildman–Crippen LogP) is 2.10. The standard InChI is InChI=1S/C14H29NO3/c1-10(2)8-11(3)15-9-14(7,17)12(16)18-13(4,5)6/h10-11,15,17H,8-9H2,1-7H3/t11-,14-/m0/s1. The van der Waals surface area contributed by atoms with Gasteiger partial charge in [0.05, 0.1) is 0 Å². The number of nitrogens with one attached hydrogen (secondary N) is 1. The van der Waals surface area contributed by atoms with E-state index in [9.17, 15) is 9.90 Å². The molecular weight excluding hydrogens is 230 g/mol. The van der Waals surface area contributed by atoms with Crippen LogP contribution in [0.3, 0.4) is 0 Å². The number of carbonyl (C=O) groups excluding carboxylic acids is 1. The predicted molar refractivity (Wildman–Crippen MR) is 73.4 cm³/mol. The van der Waals surface area contributed by atoms with Crippen LogP contribution in [0.1, 0.15) is 54.9 Å². The van der Waals surface area contributed by atoms with Crippen LogP contribution in [0.4, 0.5) is 0 Å². The molecule has 108 valence electrons. The zero-order chi connectivity index (χ0) is 14.6. The molecule has 0 saturated heterocycles. The Hall–Kier alpha value is -0.610. The molecule has 0 aliphatic carbocycles. The minimum absolute atomic E-state index is 0.204. The van der Waals surface area contributed by atoms with E-state index >= 15 is 0 Å². The van der Waals surface area contributed by atoms with Crippen molar-refractivity contribution in [3.63, 3.8) is 0 Å². The molecule has 4 heteroatoms. The van der Waals surface area contributed by atoms with Gasteiger partial charge in [-0.15, -0.1) is 0 Å². The van der Waals surface area contributed by atoms with Crippen molar-refractivity contribution in [3.05, 3.63) is 0 Å². The van der Waals surface area contributed by atoms with Gasteiger partial charge in [-0.25, -0.2) is 4.79 Å². The summed E-state index contributed by atoms with van der Waals surface area (Å²) >= 11 is 0. The average molecular weight is 259 g/mol. The third-order valence-corrected chi connectivity index (χ3v) is 2.46. The number of hydrogen-bond donors (Lipinski definition) is 2. The monoisotopic (exact) mass is 259 g/mol. The van der Waals surface area contributed by atoms with E-state index in [1.807, 2.05) is 6.92 Å². The molecule has 0 aromatic carbocycles. The summed E-state index contributed by atoms with van der Waals surface area (Å²) in [5.74, 6) is -0.00165. The highest BCUT2D eigenvalue weighted by atomic mass is 16.6. The lowest BCUT2D eigenvalue weighted by Crippen LogP contribution is -2.50. The number of carbonyl (C=O) groups is 1. The zero-order valence-corrected chi connectivity index (χ0v) is 12.8. The van der Waals surface area contributed by atoms with Crippen molar-refractivity contribution in [2.24, 2.45) is 5.92 Å². The highest BCUT2D eigenvalue weighted by Gasteiger charge is 2.34. The fraction of sp³-hybridized carbons (Fsp3) is 0.929. The Bertz CT molecular complexity index is 267. The molecule has 2 N–H and O–H groups in total. The Morgan fingerprint density at radius 3 is 2.11 bits per heavy atom. The first-order valence-corrected chi connectivity index (χ1v) is 6.63. The van der Waals surface area contributed by atoms with Gasteiger partial charge in [0.2, 0.25) is 0 Å². The van der Waals surface area contributed by atoms with E-state index in [-0.39, 0.29) is 12.6 Å². The summed E-state index contributed by atoms with van der Waals surface area (Å²) in [6.45, 7) is 13.4. The van der Waals surface area contributed by atoms with E-state index in [1.165, 1.54) is 6.92 Å². The van der Waals surface area contributed by atoms with Crippen molar-refractivity contribution >= 4 is 5.97 Å². The summed E-state index contributed by atoms with van der Waals surface area (Å²) in [6.07, 6.45) is 1.00. The van der Waals surface area contributed by atoms with Crippen molar-refractivity contribution in [1.29, 1.82) is 0 Å². The number of hydrogen-bond acceptors (Lipinski definition) is 4. The largest absolute Gasteiger partial charge is 0.458 e. The second-order valence-corrected chi connectivity index (χ2v) is 6.69. The summed E-state index contributed by atoms with van der Waals surface area (Å²) in [4.78, 5) is 11.8. The average Bonchev–Trinajstić information content (AvgIpc) is 2.11. The lowest BCUT2D eigenvalue weighted by Gasteiger charge is -2.29. The van der Waals surface area contributed by atoms with E-state index in [1.54, 1.807) is 20.8 Å². The zero-order valence-electron chi connectivity index (χ0n) is 12.8. The van der Waals surface area contributed by atoms with Gasteiger partial charge in [-0.1, -0.05) is 13.8 Å². The Morgan fingerprint density at radius 1 is 1.22 bits per heavy atom. The van der Waals surface area contributed by atoms with Crippen LogP contribution in [0.25, 0.3) is 0 Å². The molecule has 0 radical (unpaired) electrons. The SMILES string of the molecule is CC(C)C[C@H](C)NC[C@](C)(O)C(=O)OC(C)(C)C. The van der Waals surface area contributed by atoms with Gasteiger partial charge in [-0.3, -0.25) is 0 Å². The Morgan fingerprint density at radius 2 is 1.72 bits per heavy atom. The van der Waals surface area contributed by atoms with Gasteiger partial charge in [-0.2, -0.15) is 0 Å². The van der Waals surface area contributed by atoms with Crippen LogP contribution < -0.4 is 5.32 Å². The lowest BCUT2D eigenvalue weighted by atomic mass is 10.0. The molecule has 0 aliphatic heterocycles. The van der Waals surface area contributed by atoms with Crippen LogP contribution in [0, 0.1) is 5.92 Å². The van der Waals surface area contributed by atoms with Gasteiger partial charge in [0.1, 0.15) is 5.60 Å². The highest BCUT2D eigenvalue weighted by Crippen LogP contribution is 2.14. The van der Waals surface area contributed by atoms with E-state index < -0.39 is 17.2 Å². The Labute approximate surface area is 111 Å². The summed E-state index contributed by atoms with van der Waals surface area (Å²) in [5, 5.41) is 13.3. The molecule has 0 rings (SSSR count). The van der Waals surface area contributed by atoms with Crippen LogP contribution in [0.15, 0.2) is 0 Å². The van der Waals surface area contributed by atoms with Crippen molar-refractivity contribution in [1.82, 2.24) is 5.32 Å². The van der Waals surface area contributed by atoms with Gasteiger partial charge in [0.25, 0.3) is 0 Å². The third kappa shape index (κ3) is 7.67. The number of ether oxygens (including phenoxy) is 1. The molecule has 0 unspecified atom stereocenters. The first-order valence-electron chi connectivity index (χ1n) is 6.63. The van der Waals surface area contributed by atoms with Gasteiger partial charge >= 0.3 is 5.97 Å². The number of aliphatic hydroxyl groups is 1. The van der Waals surface area contributed by atoms with Crippen LogP contribution in [-0.2, 0) is 9.53 Å². The second kappa shape index (κ2) is 6.53. The van der Waals surface area contributed by atoms with Gasteiger partial charge < -0.3 is 15.2 Å². The maximum Gasteiger partial charge on any atom is 0.339 e. The number of esters is 1. The molecule has 0 bridgehead atoms. The molecule has 0 aromatic rings. The molecule has 18 heavy (non-hydrogen) atoms. The van der Waals surface area contributed by atoms with Crippen LogP contribution in [0.2, 0.25) is 0 Å². The highest BCUT2D eigenvalue weighted by molar-refractivity contribution is 5.79. The first-order chi connectivity index (χ1) is 7.94. The molecule has 0 fully saturated rings. The van der Waals surface area contributed by atoms with Gasteiger partial charge in [-0.05, 0) is 47.0 Å². The van der Waals surface area contributed by atoms with Crippen molar-refractivity contribution in [3.8, 4) is 0 Å². The number of rotatable bonds is 6. The maximum atomic E-state index is 11.8. The molecule has 0 amide bonds. The molecule has 2 atom stereocenters.